The van der Waals surface area contributed by atoms with Crippen molar-refractivity contribution in [3.05, 3.63) is 29.3 Å². The summed E-state index contributed by atoms with van der Waals surface area (Å²) in [5, 5.41) is 5.26. The van der Waals surface area contributed by atoms with E-state index in [4.69, 9.17) is 4.74 Å². The van der Waals surface area contributed by atoms with Crippen LogP contribution in [-0.4, -0.2) is 42.2 Å². The molecule has 2 rings (SSSR count). The number of hydrogen-bond donors (Lipinski definition) is 2. The molecule has 0 bridgehead atoms. The largest absolute Gasteiger partial charge is 0.492 e. The second kappa shape index (κ2) is 8.49. The summed E-state index contributed by atoms with van der Waals surface area (Å²) in [5.41, 5.74) is 5.26. The van der Waals surface area contributed by atoms with Gasteiger partial charge in [-0.25, -0.2) is 5.01 Å². The van der Waals surface area contributed by atoms with Crippen LogP contribution in [0.15, 0.2) is 18.2 Å². The fourth-order valence-electron chi connectivity index (χ4n) is 3.07. The molecule has 0 saturated heterocycles. The van der Waals surface area contributed by atoms with Gasteiger partial charge in [-0.05, 0) is 52.7 Å². The molecule has 1 amide bonds. The first-order valence-electron chi connectivity index (χ1n) is 9.00. The maximum absolute atomic E-state index is 12.5. The van der Waals surface area contributed by atoms with Crippen LogP contribution in [0.1, 0.15) is 57.0 Å². The third-order valence-corrected chi connectivity index (χ3v) is 4.00. The maximum atomic E-state index is 12.5. The quantitative estimate of drug-likeness (QED) is 0.754. The molecule has 1 aromatic carbocycles. The highest BCUT2D eigenvalue weighted by atomic mass is 16.5. The Morgan fingerprint density at radius 2 is 2.04 bits per heavy atom. The van der Waals surface area contributed by atoms with E-state index in [1.165, 1.54) is 0 Å². The third kappa shape index (κ3) is 4.71. The monoisotopic (exact) mass is 333 g/mol. The van der Waals surface area contributed by atoms with Crippen molar-refractivity contribution in [1.82, 2.24) is 15.8 Å². The number of carbonyl (C=O) groups excluding carboxylic acids is 1. The molecule has 1 heterocycles. The summed E-state index contributed by atoms with van der Waals surface area (Å²) in [5.74, 6) is 0.814. The van der Waals surface area contributed by atoms with E-state index in [1.807, 2.05) is 32.0 Å². The lowest BCUT2D eigenvalue weighted by atomic mass is 9.96. The van der Waals surface area contributed by atoms with E-state index in [2.05, 4.69) is 36.5 Å². The summed E-state index contributed by atoms with van der Waals surface area (Å²) in [6.45, 7) is 12.0. The van der Waals surface area contributed by atoms with E-state index in [0.717, 1.165) is 36.3 Å². The molecular weight excluding hydrogens is 302 g/mol. The van der Waals surface area contributed by atoms with Crippen molar-refractivity contribution in [1.29, 1.82) is 0 Å². The van der Waals surface area contributed by atoms with Gasteiger partial charge in [0.2, 0.25) is 0 Å². The number of amides is 1. The smallest absolute Gasteiger partial charge is 0.251 e. The van der Waals surface area contributed by atoms with Crippen LogP contribution in [0.3, 0.4) is 0 Å². The van der Waals surface area contributed by atoms with E-state index in [-0.39, 0.29) is 18.0 Å². The van der Waals surface area contributed by atoms with E-state index in [1.54, 1.807) is 0 Å². The number of fused-ring (bicyclic) bond motifs is 1. The Balaban J connectivity index is 2.22. The van der Waals surface area contributed by atoms with Crippen molar-refractivity contribution in [2.24, 2.45) is 0 Å². The van der Waals surface area contributed by atoms with E-state index >= 15 is 0 Å². The number of rotatable bonds is 7. The molecule has 1 aromatic rings. The highest BCUT2D eigenvalue weighted by Gasteiger charge is 2.28. The molecule has 1 aliphatic rings. The highest BCUT2D eigenvalue weighted by Crippen LogP contribution is 2.29. The third-order valence-electron chi connectivity index (χ3n) is 4.00. The van der Waals surface area contributed by atoms with Gasteiger partial charge in [-0.3, -0.25) is 10.2 Å². The van der Waals surface area contributed by atoms with Gasteiger partial charge in [-0.2, -0.15) is 0 Å². The predicted octanol–water partition coefficient (Wildman–Crippen LogP) is 2.75. The molecular formula is C19H31N3O2. The van der Waals surface area contributed by atoms with Crippen molar-refractivity contribution in [3.63, 3.8) is 0 Å². The molecule has 0 radical (unpaired) electrons. The summed E-state index contributed by atoms with van der Waals surface area (Å²) in [4.78, 5) is 12.5. The zero-order chi connectivity index (χ0) is 17.7. The summed E-state index contributed by atoms with van der Waals surface area (Å²) >= 11 is 0. The maximum Gasteiger partial charge on any atom is 0.251 e. The Labute approximate surface area is 145 Å². The number of ether oxygens (including phenoxy) is 1. The summed E-state index contributed by atoms with van der Waals surface area (Å²) in [6.07, 6.45) is 1.88. The number of benzene rings is 1. The van der Waals surface area contributed by atoms with E-state index in [9.17, 15) is 4.79 Å². The van der Waals surface area contributed by atoms with Crippen LogP contribution >= 0.6 is 0 Å². The van der Waals surface area contributed by atoms with Gasteiger partial charge in [-0.15, -0.1) is 0 Å². The van der Waals surface area contributed by atoms with Gasteiger partial charge in [-0.1, -0.05) is 13.0 Å². The Kier molecular flexibility index (Phi) is 6.63. The number of hydrogen-bond acceptors (Lipinski definition) is 4. The number of hydrazine groups is 1. The van der Waals surface area contributed by atoms with Crippen molar-refractivity contribution in [2.45, 2.75) is 65.6 Å². The molecule has 24 heavy (non-hydrogen) atoms. The lowest BCUT2D eigenvalue weighted by Gasteiger charge is -2.37. The second-order valence-electron chi connectivity index (χ2n) is 7.06. The second-order valence-corrected chi connectivity index (χ2v) is 7.06. The minimum Gasteiger partial charge on any atom is -0.492 e. The standard InChI is InChI=1S/C19H31N3O2/c1-6-10-22(21-14(4)5)15-11-17-16(19(23)20-13(2)3)8-7-9-18(17)24-12-15/h7-9,13-15,21H,6,10-12H2,1-5H3,(H,20,23)/t15-/m1/s1. The zero-order valence-electron chi connectivity index (χ0n) is 15.6. The molecule has 0 aromatic heterocycles. The van der Waals surface area contributed by atoms with Gasteiger partial charge in [0.05, 0.1) is 6.04 Å². The minimum absolute atomic E-state index is 0.0232. The molecule has 0 fully saturated rings. The molecule has 1 atom stereocenters. The molecule has 0 saturated carbocycles. The fourth-order valence-corrected chi connectivity index (χ4v) is 3.07. The summed E-state index contributed by atoms with van der Waals surface area (Å²) in [7, 11) is 0. The van der Waals surface area contributed by atoms with Crippen LogP contribution in [0.25, 0.3) is 0 Å². The van der Waals surface area contributed by atoms with Crippen molar-refractivity contribution < 1.29 is 9.53 Å². The average Bonchev–Trinajstić information content (AvgIpc) is 2.52. The van der Waals surface area contributed by atoms with Crippen LogP contribution in [0.2, 0.25) is 0 Å². The fraction of sp³-hybridized carbons (Fsp3) is 0.632. The van der Waals surface area contributed by atoms with Crippen LogP contribution < -0.4 is 15.5 Å². The lowest BCUT2D eigenvalue weighted by Crippen LogP contribution is -2.53. The molecule has 2 N–H and O–H groups in total. The summed E-state index contributed by atoms with van der Waals surface area (Å²) < 4.78 is 5.98. The average molecular weight is 333 g/mol. The van der Waals surface area contributed by atoms with Gasteiger partial charge < -0.3 is 10.1 Å². The highest BCUT2D eigenvalue weighted by molar-refractivity contribution is 5.96. The van der Waals surface area contributed by atoms with Crippen LogP contribution in [-0.2, 0) is 6.42 Å². The van der Waals surface area contributed by atoms with E-state index in [0.29, 0.717) is 12.6 Å². The first kappa shape index (κ1) is 18.7. The van der Waals surface area contributed by atoms with E-state index < -0.39 is 0 Å². The van der Waals surface area contributed by atoms with Crippen LogP contribution in [0.4, 0.5) is 0 Å². The normalized spacial score (nSPS) is 17.1. The van der Waals surface area contributed by atoms with Gasteiger partial charge in [0.15, 0.2) is 0 Å². The first-order chi connectivity index (χ1) is 11.4. The zero-order valence-corrected chi connectivity index (χ0v) is 15.6. The Morgan fingerprint density at radius 3 is 2.67 bits per heavy atom. The van der Waals surface area contributed by atoms with Crippen molar-refractivity contribution in [3.8, 4) is 5.75 Å². The molecule has 0 spiro atoms. The minimum atomic E-state index is -0.0232. The van der Waals surface area contributed by atoms with Crippen molar-refractivity contribution >= 4 is 5.91 Å². The Morgan fingerprint density at radius 1 is 1.29 bits per heavy atom. The number of carbonyl (C=O) groups is 1. The van der Waals surface area contributed by atoms with Gasteiger partial charge in [0.25, 0.3) is 5.91 Å². The van der Waals surface area contributed by atoms with Gasteiger partial charge >= 0.3 is 0 Å². The number of nitrogens with one attached hydrogen (secondary N) is 2. The Bertz CT molecular complexity index is 558. The molecule has 134 valence electrons. The molecule has 0 unspecified atom stereocenters. The predicted molar refractivity (Wildman–Crippen MR) is 97.3 cm³/mol. The van der Waals surface area contributed by atoms with Gasteiger partial charge in [0, 0.05) is 29.8 Å². The SMILES string of the molecule is CCCN(NC(C)C)[C@H]1COc2cccc(C(=O)NC(C)C)c2C1. The van der Waals surface area contributed by atoms with Crippen LogP contribution in [0, 0.1) is 0 Å². The molecule has 1 aliphatic heterocycles. The van der Waals surface area contributed by atoms with Crippen molar-refractivity contribution in [2.75, 3.05) is 13.2 Å². The lowest BCUT2D eigenvalue weighted by molar-refractivity contribution is 0.0612. The topological polar surface area (TPSA) is 53.6 Å². The first-order valence-corrected chi connectivity index (χ1v) is 9.00. The molecule has 5 heteroatoms. The van der Waals surface area contributed by atoms with Gasteiger partial charge in [0.1, 0.15) is 12.4 Å². The van der Waals surface area contributed by atoms with Crippen LogP contribution in [0.5, 0.6) is 5.75 Å². The molecule has 0 aliphatic carbocycles. The molecule has 5 nitrogen and oxygen atoms in total. The number of nitrogens with zero attached hydrogens (tertiary/aromatic N) is 1. The Hall–Kier alpha value is -1.59. The summed E-state index contributed by atoms with van der Waals surface area (Å²) in [6, 6.07) is 6.46.